The van der Waals surface area contributed by atoms with Gasteiger partial charge in [0.05, 0.1) is 11.8 Å². The second-order valence-electron chi connectivity index (χ2n) is 7.27. The van der Waals surface area contributed by atoms with Gasteiger partial charge in [0.25, 0.3) is 5.91 Å². The Kier molecular flexibility index (Phi) is 7.59. The maximum atomic E-state index is 12.1. The van der Waals surface area contributed by atoms with Crippen molar-refractivity contribution in [3.8, 4) is 5.75 Å². The standard InChI is InChI=1S/C23H28N4O3/c24-11-9-21(25)20-7-3-4-8-22(20)30-16-23(29)26-13-19(28)15-27-12-10-17-5-1-2-6-18(17)14-27/h1-9,11,19,25,28H,10,12-16,24H2,(H,26,29)/b11-9-,25-21?. The summed E-state index contributed by atoms with van der Waals surface area (Å²) in [6.45, 7) is 2.17. The molecule has 158 valence electrons. The van der Waals surface area contributed by atoms with E-state index in [2.05, 4.69) is 28.4 Å². The smallest absolute Gasteiger partial charge is 0.258 e. The Morgan fingerprint density at radius 2 is 1.97 bits per heavy atom. The highest BCUT2D eigenvalue weighted by Gasteiger charge is 2.19. The van der Waals surface area contributed by atoms with Crippen LogP contribution in [0.25, 0.3) is 0 Å². The summed E-state index contributed by atoms with van der Waals surface area (Å²) in [4.78, 5) is 14.3. The van der Waals surface area contributed by atoms with Crippen LogP contribution in [0.1, 0.15) is 16.7 Å². The van der Waals surface area contributed by atoms with Crippen molar-refractivity contribution >= 4 is 11.6 Å². The molecule has 30 heavy (non-hydrogen) atoms. The first-order valence-corrected chi connectivity index (χ1v) is 9.99. The van der Waals surface area contributed by atoms with Crippen LogP contribution < -0.4 is 15.8 Å². The van der Waals surface area contributed by atoms with Crippen LogP contribution in [-0.2, 0) is 17.8 Å². The molecule has 2 aromatic carbocycles. The number of rotatable bonds is 9. The molecule has 0 aliphatic carbocycles. The van der Waals surface area contributed by atoms with Gasteiger partial charge < -0.3 is 26.3 Å². The summed E-state index contributed by atoms with van der Waals surface area (Å²) in [5.74, 6) is 0.108. The van der Waals surface area contributed by atoms with Crippen molar-refractivity contribution in [2.75, 3.05) is 26.2 Å². The van der Waals surface area contributed by atoms with Crippen molar-refractivity contribution in [3.63, 3.8) is 0 Å². The molecule has 0 fully saturated rings. The van der Waals surface area contributed by atoms with Crippen molar-refractivity contribution in [1.82, 2.24) is 10.2 Å². The first-order chi connectivity index (χ1) is 14.6. The van der Waals surface area contributed by atoms with Gasteiger partial charge in [-0.15, -0.1) is 0 Å². The summed E-state index contributed by atoms with van der Waals surface area (Å²) < 4.78 is 5.57. The Bertz CT molecular complexity index is 913. The number of nitrogens with two attached hydrogens (primary N) is 1. The monoisotopic (exact) mass is 408 g/mol. The van der Waals surface area contributed by atoms with Gasteiger partial charge in [0.2, 0.25) is 0 Å². The zero-order chi connectivity index (χ0) is 21.3. The highest BCUT2D eigenvalue weighted by atomic mass is 16.5. The molecular formula is C23H28N4O3. The van der Waals surface area contributed by atoms with Crippen LogP contribution in [0, 0.1) is 5.41 Å². The number of benzene rings is 2. The number of amides is 1. The van der Waals surface area contributed by atoms with Crippen LogP contribution in [0.2, 0.25) is 0 Å². The number of aliphatic hydroxyl groups excluding tert-OH is 1. The number of fused-ring (bicyclic) bond motifs is 1. The number of hydrogen-bond donors (Lipinski definition) is 4. The summed E-state index contributed by atoms with van der Waals surface area (Å²) in [5, 5.41) is 21.0. The number of nitrogens with zero attached hydrogens (tertiary/aromatic N) is 1. The Morgan fingerprint density at radius 1 is 1.23 bits per heavy atom. The number of nitrogens with one attached hydrogen (secondary N) is 2. The number of β-amino-alcohol motifs (C(OH)–C–C–N with tert-alkyl or cyclic N) is 1. The van der Waals surface area contributed by atoms with Gasteiger partial charge in [-0.1, -0.05) is 36.4 Å². The lowest BCUT2D eigenvalue weighted by atomic mass is 10.00. The molecule has 1 atom stereocenters. The molecule has 1 aliphatic heterocycles. The minimum absolute atomic E-state index is 0.160. The van der Waals surface area contributed by atoms with Gasteiger partial charge in [-0.05, 0) is 42.0 Å². The molecule has 0 saturated heterocycles. The van der Waals surface area contributed by atoms with Crippen molar-refractivity contribution in [1.29, 1.82) is 5.41 Å². The zero-order valence-corrected chi connectivity index (χ0v) is 16.9. The van der Waals surface area contributed by atoms with Crippen molar-refractivity contribution in [2.24, 2.45) is 5.73 Å². The second-order valence-corrected chi connectivity index (χ2v) is 7.27. The minimum atomic E-state index is -0.658. The van der Waals surface area contributed by atoms with E-state index in [9.17, 15) is 9.90 Å². The predicted molar refractivity (Wildman–Crippen MR) is 117 cm³/mol. The highest BCUT2D eigenvalue weighted by molar-refractivity contribution is 6.08. The van der Waals surface area contributed by atoms with Crippen molar-refractivity contribution in [2.45, 2.75) is 19.1 Å². The Labute approximate surface area is 176 Å². The molecule has 7 nitrogen and oxygen atoms in total. The average Bonchev–Trinajstić information content (AvgIpc) is 2.76. The van der Waals surface area contributed by atoms with Crippen molar-refractivity contribution < 1.29 is 14.6 Å². The SMILES string of the molecule is N=C(/C=C\N)c1ccccc1OCC(=O)NCC(O)CN1CCc2ccccc2C1. The van der Waals surface area contributed by atoms with Gasteiger partial charge in [-0.2, -0.15) is 0 Å². The molecule has 1 unspecified atom stereocenters. The van der Waals surface area contributed by atoms with Gasteiger partial charge in [-0.25, -0.2) is 0 Å². The lowest BCUT2D eigenvalue weighted by Crippen LogP contribution is -2.42. The lowest BCUT2D eigenvalue weighted by Gasteiger charge is -2.30. The third-order valence-corrected chi connectivity index (χ3v) is 5.01. The molecule has 7 heteroatoms. The average molecular weight is 409 g/mol. The second kappa shape index (κ2) is 10.6. The third kappa shape index (κ3) is 5.92. The molecule has 0 spiro atoms. The lowest BCUT2D eigenvalue weighted by molar-refractivity contribution is -0.123. The molecule has 3 rings (SSSR count). The van der Waals surface area contributed by atoms with Crippen LogP contribution in [0.15, 0.2) is 60.8 Å². The molecule has 0 bridgehead atoms. The van der Waals surface area contributed by atoms with Gasteiger partial charge in [-0.3, -0.25) is 9.69 Å². The van der Waals surface area contributed by atoms with Gasteiger partial charge in [0, 0.05) is 31.7 Å². The van der Waals surface area contributed by atoms with E-state index in [4.69, 9.17) is 15.9 Å². The van der Waals surface area contributed by atoms with E-state index in [1.54, 1.807) is 24.3 Å². The molecular weight excluding hydrogens is 380 g/mol. The molecule has 0 aromatic heterocycles. The maximum absolute atomic E-state index is 12.1. The fraction of sp³-hybridized carbons (Fsp3) is 0.304. The van der Waals surface area contributed by atoms with Crippen LogP contribution in [-0.4, -0.2) is 54.0 Å². The van der Waals surface area contributed by atoms with Crippen LogP contribution in [0.3, 0.4) is 0 Å². The topological polar surface area (TPSA) is 112 Å². The number of para-hydroxylation sites is 1. The highest BCUT2D eigenvalue weighted by Crippen LogP contribution is 2.19. The molecule has 5 N–H and O–H groups in total. The van der Waals surface area contributed by atoms with Crippen molar-refractivity contribution in [3.05, 3.63) is 77.5 Å². The molecule has 0 radical (unpaired) electrons. The molecule has 1 aliphatic rings. The van der Waals surface area contributed by atoms with E-state index in [-0.39, 0.29) is 24.8 Å². The number of carbonyl (C=O) groups is 1. The van der Waals surface area contributed by atoms with Crippen LogP contribution in [0.4, 0.5) is 0 Å². The summed E-state index contributed by atoms with van der Waals surface area (Å²) in [7, 11) is 0. The maximum Gasteiger partial charge on any atom is 0.258 e. The van der Waals surface area contributed by atoms with E-state index in [1.807, 2.05) is 6.07 Å². The summed E-state index contributed by atoms with van der Waals surface area (Å²) >= 11 is 0. The fourth-order valence-electron chi connectivity index (χ4n) is 3.50. The van der Waals surface area contributed by atoms with Gasteiger partial charge in [0.1, 0.15) is 5.75 Å². The van der Waals surface area contributed by atoms with Gasteiger partial charge in [0.15, 0.2) is 6.61 Å². The van der Waals surface area contributed by atoms with E-state index >= 15 is 0 Å². The number of ether oxygens (including phenoxy) is 1. The molecule has 1 amide bonds. The summed E-state index contributed by atoms with van der Waals surface area (Å²) in [5.41, 5.74) is 8.76. The number of allylic oxidation sites excluding steroid dienone is 1. The van der Waals surface area contributed by atoms with Crippen LogP contribution >= 0.6 is 0 Å². The van der Waals surface area contributed by atoms with E-state index in [0.717, 1.165) is 19.5 Å². The number of hydrogen-bond acceptors (Lipinski definition) is 6. The summed E-state index contributed by atoms with van der Waals surface area (Å²) in [6.07, 6.45) is 3.05. The van der Waals surface area contributed by atoms with E-state index in [0.29, 0.717) is 17.9 Å². The first-order valence-electron chi connectivity index (χ1n) is 9.99. The normalized spacial score (nSPS) is 14.8. The largest absolute Gasteiger partial charge is 0.483 e. The molecule has 1 heterocycles. The van der Waals surface area contributed by atoms with E-state index < -0.39 is 6.10 Å². The quantitative estimate of drug-likeness (QED) is 0.469. The molecule has 2 aromatic rings. The fourth-order valence-corrected chi connectivity index (χ4v) is 3.50. The Morgan fingerprint density at radius 3 is 2.77 bits per heavy atom. The van der Waals surface area contributed by atoms with Gasteiger partial charge >= 0.3 is 0 Å². The van der Waals surface area contributed by atoms with E-state index in [1.165, 1.54) is 23.4 Å². The third-order valence-electron chi connectivity index (χ3n) is 5.01. The zero-order valence-electron chi connectivity index (χ0n) is 16.9. The molecule has 0 saturated carbocycles. The number of aliphatic hydroxyl groups is 1. The Hall–Kier alpha value is -3.16. The van der Waals surface area contributed by atoms with Crippen LogP contribution in [0.5, 0.6) is 5.75 Å². The minimum Gasteiger partial charge on any atom is -0.483 e. The summed E-state index contributed by atoms with van der Waals surface area (Å²) in [6, 6.07) is 15.3. The predicted octanol–water partition coefficient (Wildman–Crippen LogP) is 1.44. The Balaban J connectivity index is 1.43. The first kappa shape index (κ1) is 21.5. The number of carbonyl (C=O) groups excluding carboxylic acids is 1.